The molecule has 0 aliphatic heterocycles. The molecule has 1 aromatic rings. The Bertz CT molecular complexity index is 428. The van der Waals surface area contributed by atoms with Gasteiger partial charge in [-0.05, 0) is 39.0 Å². The molecule has 18 heavy (non-hydrogen) atoms. The second-order valence-electron chi connectivity index (χ2n) is 4.81. The second-order valence-corrected chi connectivity index (χ2v) is 4.81. The Morgan fingerprint density at radius 2 is 2.33 bits per heavy atom. The zero-order chi connectivity index (χ0) is 13.0. The van der Waals surface area contributed by atoms with Crippen molar-refractivity contribution in [2.45, 2.75) is 39.5 Å². The van der Waals surface area contributed by atoms with Crippen LogP contribution in [0.4, 0.5) is 0 Å². The summed E-state index contributed by atoms with van der Waals surface area (Å²) in [5.41, 5.74) is 1.62. The maximum atomic E-state index is 11.7. The van der Waals surface area contributed by atoms with Crippen LogP contribution in [0.25, 0.3) is 0 Å². The Hall–Kier alpha value is -1.58. The number of carbonyl (C=O) groups excluding carboxylic acids is 1. The normalized spacial score (nSPS) is 18.9. The fourth-order valence-electron chi connectivity index (χ4n) is 2.17. The number of aryl methyl sites for hydroxylation is 2. The van der Waals surface area contributed by atoms with E-state index in [1.165, 1.54) is 0 Å². The molecular weight excluding hydrogens is 230 g/mol. The summed E-state index contributed by atoms with van der Waals surface area (Å²) < 4.78 is 10.3. The minimum Gasteiger partial charge on any atom is -0.465 e. The zero-order valence-electron chi connectivity index (χ0n) is 10.9. The van der Waals surface area contributed by atoms with Gasteiger partial charge in [0.1, 0.15) is 5.76 Å². The number of rotatable bonds is 4. The lowest BCUT2D eigenvalue weighted by atomic mass is 9.95. The van der Waals surface area contributed by atoms with E-state index in [1.807, 2.05) is 13.8 Å². The van der Waals surface area contributed by atoms with E-state index >= 15 is 0 Å². The standard InChI is InChI=1S/C14H19NO3/c1-10-13(11(2)18-15-10)8-14(16)17-9-12-6-4-3-5-7-12/h3-4,12H,5-9H2,1-2H3. The van der Waals surface area contributed by atoms with Gasteiger partial charge in [-0.15, -0.1) is 0 Å². The van der Waals surface area contributed by atoms with Crippen molar-refractivity contribution in [1.29, 1.82) is 0 Å². The van der Waals surface area contributed by atoms with Gasteiger partial charge < -0.3 is 9.26 Å². The SMILES string of the molecule is Cc1noc(C)c1CC(=O)OCC1CC=CCC1. The molecule has 0 radical (unpaired) electrons. The molecular formula is C14H19NO3. The average Bonchev–Trinajstić information content (AvgIpc) is 2.69. The number of hydrogen-bond donors (Lipinski definition) is 0. The first-order chi connectivity index (χ1) is 8.66. The van der Waals surface area contributed by atoms with Crippen molar-refractivity contribution >= 4 is 5.97 Å². The topological polar surface area (TPSA) is 52.3 Å². The summed E-state index contributed by atoms with van der Waals surface area (Å²) in [6, 6.07) is 0. The van der Waals surface area contributed by atoms with Crippen LogP contribution in [0.2, 0.25) is 0 Å². The van der Waals surface area contributed by atoms with E-state index in [9.17, 15) is 4.79 Å². The first kappa shape index (κ1) is 12.9. The van der Waals surface area contributed by atoms with Crippen LogP contribution in [0, 0.1) is 19.8 Å². The molecule has 0 bridgehead atoms. The zero-order valence-corrected chi connectivity index (χ0v) is 10.9. The van der Waals surface area contributed by atoms with Crippen LogP contribution in [0.15, 0.2) is 16.7 Å². The molecule has 0 saturated heterocycles. The molecule has 0 aromatic carbocycles. The van der Waals surface area contributed by atoms with Gasteiger partial charge in [0.15, 0.2) is 0 Å². The first-order valence-corrected chi connectivity index (χ1v) is 6.39. The lowest BCUT2D eigenvalue weighted by molar-refractivity contribution is -0.144. The van der Waals surface area contributed by atoms with Crippen molar-refractivity contribution in [2.75, 3.05) is 6.61 Å². The summed E-state index contributed by atoms with van der Waals surface area (Å²) in [5.74, 6) is 0.979. The Kier molecular flexibility index (Phi) is 4.18. The number of carbonyl (C=O) groups is 1. The number of ether oxygens (including phenoxy) is 1. The molecule has 4 heteroatoms. The van der Waals surface area contributed by atoms with Crippen molar-refractivity contribution in [3.8, 4) is 0 Å². The monoisotopic (exact) mass is 249 g/mol. The predicted octanol–water partition coefficient (Wildman–Crippen LogP) is 2.73. The molecule has 1 aromatic heterocycles. The lowest BCUT2D eigenvalue weighted by Crippen LogP contribution is -2.16. The summed E-state index contributed by atoms with van der Waals surface area (Å²) in [6.07, 6.45) is 7.81. The highest BCUT2D eigenvalue weighted by Gasteiger charge is 2.16. The molecule has 0 fully saturated rings. The summed E-state index contributed by atoms with van der Waals surface area (Å²) in [7, 11) is 0. The molecule has 0 saturated carbocycles. The molecule has 1 aliphatic carbocycles. The van der Waals surface area contributed by atoms with E-state index in [1.54, 1.807) is 0 Å². The summed E-state index contributed by atoms with van der Waals surface area (Å²) in [6.45, 7) is 4.17. The molecule has 0 spiro atoms. The van der Waals surface area contributed by atoms with Crippen molar-refractivity contribution in [3.63, 3.8) is 0 Å². The maximum absolute atomic E-state index is 11.7. The average molecular weight is 249 g/mol. The van der Waals surface area contributed by atoms with Gasteiger partial charge in [-0.3, -0.25) is 4.79 Å². The van der Waals surface area contributed by atoms with Crippen LogP contribution in [0.5, 0.6) is 0 Å². The van der Waals surface area contributed by atoms with E-state index < -0.39 is 0 Å². The molecule has 1 aliphatic rings. The summed E-state index contributed by atoms with van der Waals surface area (Å²) >= 11 is 0. The van der Waals surface area contributed by atoms with Crippen molar-refractivity contribution < 1.29 is 14.1 Å². The summed E-state index contributed by atoms with van der Waals surface area (Å²) in [5, 5.41) is 3.83. The number of aromatic nitrogens is 1. The van der Waals surface area contributed by atoms with E-state index in [0.717, 1.165) is 30.5 Å². The largest absolute Gasteiger partial charge is 0.465 e. The van der Waals surface area contributed by atoms with E-state index in [0.29, 0.717) is 18.3 Å². The lowest BCUT2D eigenvalue weighted by Gasteiger charge is -2.17. The molecule has 98 valence electrons. The van der Waals surface area contributed by atoms with Gasteiger partial charge in [-0.1, -0.05) is 17.3 Å². The van der Waals surface area contributed by atoms with Gasteiger partial charge >= 0.3 is 5.97 Å². The van der Waals surface area contributed by atoms with Crippen molar-refractivity contribution in [3.05, 3.63) is 29.2 Å². The molecule has 0 N–H and O–H groups in total. The van der Waals surface area contributed by atoms with Crippen LogP contribution in [0.1, 0.15) is 36.3 Å². The van der Waals surface area contributed by atoms with Gasteiger partial charge in [-0.25, -0.2) is 0 Å². The third kappa shape index (κ3) is 3.22. The second kappa shape index (κ2) is 5.85. The minimum atomic E-state index is -0.195. The van der Waals surface area contributed by atoms with Crippen LogP contribution < -0.4 is 0 Å². The van der Waals surface area contributed by atoms with Crippen molar-refractivity contribution in [1.82, 2.24) is 5.16 Å². The summed E-state index contributed by atoms with van der Waals surface area (Å²) in [4.78, 5) is 11.7. The van der Waals surface area contributed by atoms with E-state index in [2.05, 4.69) is 17.3 Å². The highest BCUT2D eigenvalue weighted by Crippen LogP contribution is 2.19. The highest BCUT2D eigenvalue weighted by atomic mass is 16.5. The van der Waals surface area contributed by atoms with E-state index in [-0.39, 0.29) is 12.4 Å². The highest BCUT2D eigenvalue weighted by molar-refractivity contribution is 5.73. The Morgan fingerprint density at radius 3 is 2.94 bits per heavy atom. The van der Waals surface area contributed by atoms with E-state index in [4.69, 9.17) is 9.26 Å². The van der Waals surface area contributed by atoms with Gasteiger partial charge in [0.2, 0.25) is 0 Å². The Labute approximate surface area is 107 Å². The molecule has 1 atom stereocenters. The smallest absolute Gasteiger partial charge is 0.310 e. The van der Waals surface area contributed by atoms with Gasteiger partial charge in [-0.2, -0.15) is 0 Å². The van der Waals surface area contributed by atoms with Gasteiger partial charge in [0.05, 0.1) is 18.7 Å². The maximum Gasteiger partial charge on any atom is 0.310 e. The quantitative estimate of drug-likeness (QED) is 0.608. The molecule has 0 amide bonds. The number of nitrogens with zero attached hydrogens (tertiary/aromatic N) is 1. The third-order valence-corrected chi connectivity index (χ3v) is 3.36. The third-order valence-electron chi connectivity index (χ3n) is 3.36. The van der Waals surface area contributed by atoms with Crippen LogP contribution in [-0.2, 0) is 16.0 Å². The molecule has 1 unspecified atom stereocenters. The van der Waals surface area contributed by atoms with Crippen LogP contribution in [0.3, 0.4) is 0 Å². The fourth-order valence-corrected chi connectivity index (χ4v) is 2.17. The molecule has 4 nitrogen and oxygen atoms in total. The predicted molar refractivity (Wildman–Crippen MR) is 67.1 cm³/mol. The van der Waals surface area contributed by atoms with Crippen molar-refractivity contribution in [2.24, 2.45) is 5.92 Å². The minimum absolute atomic E-state index is 0.195. The Morgan fingerprint density at radius 1 is 1.50 bits per heavy atom. The fraction of sp³-hybridized carbons (Fsp3) is 0.571. The van der Waals surface area contributed by atoms with Gasteiger partial charge in [0, 0.05) is 5.56 Å². The van der Waals surface area contributed by atoms with Crippen LogP contribution in [-0.4, -0.2) is 17.7 Å². The number of hydrogen-bond acceptors (Lipinski definition) is 4. The molecule has 2 rings (SSSR count). The molecule has 1 heterocycles. The van der Waals surface area contributed by atoms with Gasteiger partial charge in [0.25, 0.3) is 0 Å². The van der Waals surface area contributed by atoms with Crippen LogP contribution >= 0.6 is 0 Å². The first-order valence-electron chi connectivity index (χ1n) is 6.39. The number of esters is 1. The Balaban J connectivity index is 1.80. The number of allylic oxidation sites excluding steroid dienone is 2.